The van der Waals surface area contributed by atoms with Gasteiger partial charge >= 0.3 is 5.97 Å². The number of carbonyl (C=O) groups excluding carboxylic acids is 1. The van der Waals surface area contributed by atoms with E-state index in [4.69, 9.17) is 4.74 Å². The Bertz CT molecular complexity index is 343. The van der Waals surface area contributed by atoms with Gasteiger partial charge in [0.1, 0.15) is 0 Å². The molecule has 0 bridgehead atoms. The molecule has 0 fully saturated rings. The van der Waals surface area contributed by atoms with Crippen molar-refractivity contribution >= 4 is 5.97 Å². The third-order valence-electron chi connectivity index (χ3n) is 5.49. The van der Waals surface area contributed by atoms with Crippen molar-refractivity contribution < 1.29 is 14.6 Å². The fraction of sp³-hybridized carbons (Fsp3) is 0.920. The zero-order chi connectivity index (χ0) is 20.9. The summed E-state index contributed by atoms with van der Waals surface area (Å²) in [6, 6.07) is 0. The van der Waals surface area contributed by atoms with E-state index in [9.17, 15) is 9.90 Å². The third kappa shape index (κ3) is 17.5. The number of carbonyl (C=O) groups is 1. The third-order valence-corrected chi connectivity index (χ3v) is 5.49. The van der Waals surface area contributed by atoms with Crippen LogP contribution in [0.3, 0.4) is 0 Å². The summed E-state index contributed by atoms with van der Waals surface area (Å²) in [5.41, 5.74) is 0. The van der Waals surface area contributed by atoms with Gasteiger partial charge in [0.25, 0.3) is 0 Å². The molecule has 0 saturated carbocycles. The Kier molecular flexibility index (Phi) is 19.3. The minimum atomic E-state index is -1.36. The zero-order valence-corrected chi connectivity index (χ0v) is 19.3. The lowest BCUT2D eigenvalue weighted by Gasteiger charge is -2.27. The van der Waals surface area contributed by atoms with Crippen LogP contribution in [-0.2, 0) is 9.53 Å². The van der Waals surface area contributed by atoms with Crippen LogP contribution < -0.4 is 0 Å². The van der Waals surface area contributed by atoms with E-state index in [2.05, 4.69) is 13.8 Å². The SMILES string of the molecule is CCCCCCCCCCCC[CH]C(O)(CCCCCCCC)OC(=O)CC. The molecule has 0 rings (SSSR count). The second-order valence-corrected chi connectivity index (χ2v) is 8.36. The van der Waals surface area contributed by atoms with E-state index in [1.165, 1.54) is 83.5 Å². The normalized spacial score (nSPS) is 13.4. The van der Waals surface area contributed by atoms with Gasteiger partial charge in [-0.1, -0.05) is 117 Å². The van der Waals surface area contributed by atoms with Gasteiger partial charge in [-0.05, 0) is 12.8 Å². The van der Waals surface area contributed by atoms with Gasteiger partial charge in [0, 0.05) is 19.3 Å². The van der Waals surface area contributed by atoms with Crippen LogP contribution in [0.4, 0.5) is 0 Å². The van der Waals surface area contributed by atoms with Gasteiger partial charge in [0.15, 0.2) is 0 Å². The minimum absolute atomic E-state index is 0.310. The first-order valence-corrected chi connectivity index (χ1v) is 12.4. The van der Waals surface area contributed by atoms with Gasteiger partial charge in [-0.3, -0.25) is 4.79 Å². The van der Waals surface area contributed by atoms with Crippen LogP contribution in [0.2, 0.25) is 0 Å². The van der Waals surface area contributed by atoms with E-state index in [1.54, 1.807) is 6.92 Å². The summed E-state index contributed by atoms with van der Waals surface area (Å²) in [5, 5.41) is 10.8. The molecule has 1 atom stereocenters. The first-order valence-electron chi connectivity index (χ1n) is 12.4. The van der Waals surface area contributed by atoms with E-state index in [0.717, 1.165) is 25.7 Å². The summed E-state index contributed by atoms with van der Waals surface area (Å²) in [6.07, 6.45) is 23.5. The van der Waals surface area contributed by atoms with E-state index in [0.29, 0.717) is 12.8 Å². The molecule has 0 aromatic carbocycles. The molecule has 0 aliphatic carbocycles. The fourth-order valence-corrected chi connectivity index (χ4v) is 3.58. The van der Waals surface area contributed by atoms with Crippen molar-refractivity contribution in [1.29, 1.82) is 0 Å². The molecule has 3 heteroatoms. The molecule has 0 aliphatic rings. The molecule has 28 heavy (non-hydrogen) atoms. The molecule has 0 saturated heterocycles. The topological polar surface area (TPSA) is 46.5 Å². The molecule has 0 spiro atoms. The van der Waals surface area contributed by atoms with Gasteiger partial charge in [-0.15, -0.1) is 0 Å². The summed E-state index contributed by atoms with van der Waals surface area (Å²) in [5.74, 6) is -1.68. The number of esters is 1. The molecule has 0 heterocycles. The monoisotopic (exact) mass is 397 g/mol. The first kappa shape index (κ1) is 27.4. The zero-order valence-electron chi connectivity index (χ0n) is 19.3. The number of aliphatic hydroxyl groups is 1. The smallest absolute Gasteiger partial charge is 0.308 e. The summed E-state index contributed by atoms with van der Waals surface area (Å²) in [7, 11) is 0. The fourth-order valence-electron chi connectivity index (χ4n) is 3.58. The highest BCUT2D eigenvalue weighted by atomic mass is 16.7. The number of unbranched alkanes of at least 4 members (excludes halogenated alkanes) is 15. The van der Waals surface area contributed by atoms with Gasteiger partial charge in [-0.25, -0.2) is 0 Å². The Hall–Kier alpha value is -0.570. The van der Waals surface area contributed by atoms with Crippen molar-refractivity contribution in [3.05, 3.63) is 6.42 Å². The molecule has 3 nitrogen and oxygen atoms in total. The maximum Gasteiger partial charge on any atom is 0.308 e. The predicted molar refractivity (Wildman–Crippen MR) is 120 cm³/mol. The standard InChI is InChI=1S/C25H49O3/c1-4-7-9-11-13-14-15-16-17-19-21-23-25(27,28-24(26)6-3)22-20-18-12-10-8-5-2/h23,27H,4-22H2,1-3H3. The van der Waals surface area contributed by atoms with Crippen molar-refractivity contribution in [3.63, 3.8) is 0 Å². The largest absolute Gasteiger partial charge is 0.433 e. The van der Waals surface area contributed by atoms with Crippen molar-refractivity contribution in [1.82, 2.24) is 0 Å². The Balaban J connectivity index is 3.87. The molecule has 0 amide bonds. The van der Waals surface area contributed by atoms with Crippen LogP contribution in [0.5, 0.6) is 0 Å². The highest BCUT2D eigenvalue weighted by Crippen LogP contribution is 2.24. The average Bonchev–Trinajstić information content (AvgIpc) is 2.68. The molecule has 0 aromatic rings. The van der Waals surface area contributed by atoms with Crippen molar-refractivity contribution in [2.24, 2.45) is 0 Å². The maximum atomic E-state index is 11.7. The van der Waals surface area contributed by atoms with E-state index in [-0.39, 0.29) is 5.97 Å². The lowest BCUT2D eigenvalue weighted by Crippen LogP contribution is -2.35. The molecular formula is C25H49O3. The van der Waals surface area contributed by atoms with Crippen molar-refractivity contribution in [2.45, 2.75) is 149 Å². The quantitative estimate of drug-likeness (QED) is 0.122. The summed E-state index contributed by atoms with van der Waals surface area (Å²) >= 11 is 0. The first-order chi connectivity index (χ1) is 13.6. The molecule has 1 radical (unpaired) electrons. The van der Waals surface area contributed by atoms with E-state index < -0.39 is 5.79 Å². The number of ether oxygens (including phenoxy) is 1. The van der Waals surface area contributed by atoms with E-state index in [1.807, 2.05) is 6.42 Å². The van der Waals surface area contributed by atoms with Crippen LogP contribution in [0.1, 0.15) is 143 Å². The highest BCUT2D eigenvalue weighted by molar-refractivity contribution is 5.69. The Labute approximate surface area is 176 Å². The molecule has 0 aliphatic heterocycles. The van der Waals surface area contributed by atoms with Crippen LogP contribution in [0.15, 0.2) is 0 Å². The number of hydrogen-bond donors (Lipinski definition) is 1. The second kappa shape index (κ2) is 19.7. The molecule has 167 valence electrons. The van der Waals surface area contributed by atoms with Gasteiger partial charge in [0.05, 0.1) is 0 Å². The molecule has 1 N–H and O–H groups in total. The van der Waals surface area contributed by atoms with Crippen LogP contribution in [-0.4, -0.2) is 16.9 Å². The Morgan fingerprint density at radius 1 is 0.714 bits per heavy atom. The Morgan fingerprint density at radius 3 is 1.61 bits per heavy atom. The maximum absolute atomic E-state index is 11.7. The summed E-state index contributed by atoms with van der Waals surface area (Å²) in [4.78, 5) is 11.7. The minimum Gasteiger partial charge on any atom is -0.433 e. The summed E-state index contributed by atoms with van der Waals surface area (Å²) in [6.45, 7) is 6.25. The Morgan fingerprint density at radius 2 is 1.14 bits per heavy atom. The highest BCUT2D eigenvalue weighted by Gasteiger charge is 2.30. The van der Waals surface area contributed by atoms with Gasteiger partial charge < -0.3 is 9.84 Å². The predicted octanol–water partition coefficient (Wildman–Crippen LogP) is 7.89. The molecule has 0 aromatic heterocycles. The second-order valence-electron chi connectivity index (χ2n) is 8.36. The van der Waals surface area contributed by atoms with Crippen molar-refractivity contribution in [3.8, 4) is 0 Å². The molecule has 1 unspecified atom stereocenters. The molecular weight excluding hydrogens is 348 g/mol. The van der Waals surface area contributed by atoms with Crippen LogP contribution >= 0.6 is 0 Å². The summed E-state index contributed by atoms with van der Waals surface area (Å²) < 4.78 is 5.37. The van der Waals surface area contributed by atoms with Crippen molar-refractivity contribution in [2.75, 3.05) is 0 Å². The lowest BCUT2D eigenvalue weighted by molar-refractivity contribution is -0.199. The van der Waals surface area contributed by atoms with Gasteiger partial charge in [-0.2, -0.15) is 0 Å². The van der Waals surface area contributed by atoms with Gasteiger partial charge in [0.2, 0.25) is 5.79 Å². The van der Waals surface area contributed by atoms with E-state index >= 15 is 0 Å². The number of rotatable bonds is 21. The van der Waals surface area contributed by atoms with Crippen LogP contribution in [0.25, 0.3) is 0 Å². The van der Waals surface area contributed by atoms with Crippen LogP contribution in [0, 0.1) is 6.42 Å². The average molecular weight is 398 g/mol. The lowest BCUT2D eigenvalue weighted by atomic mass is 9.98. The number of hydrogen-bond acceptors (Lipinski definition) is 3.